The van der Waals surface area contributed by atoms with E-state index in [1.165, 1.54) is 19.3 Å². The Morgan fingerprint density at radius 3 is 2.54 bits per heavy atom. The third-order valence-corrected chi connectivity index (χ3v) is 8.42. The van der Waals surface area contributed by atoms with Crippen LogP contribution in [-0.2, 0) is 0 Å². The fourth-order valence-electron chi connectivity index (χ4n) is 6.99. The molecule has 0 aliphatic heterocycles. The lowest BCUT2D eigenvalue weighted by molar-refractivity contribution is -0.0881. The van der Waals surface area contributed by atoms with Crippen molar-refractivity contribution < 1.29 is 5.11 Å². The van der Waals surface area contributed by atoms with Gasteiger partial charge in [0.05, 0.1) is 6.10 Å². The summed E-state index contributed by atoms with van der Waals surface area (Å²) in [6.07, 6.45) is 13.9. The summed E-state index contributed by atoms with van der Waals surface area (Å²) in [5.41, 5.74) is 0.607. The van der Waals surface area contributed by atoms with E-state index in [2.05, 4.69) is 62.9 Å². The predicted molar refractivity (Wildman–Crippen MR) is 98.6 cm³/mol. The number of hydrogen-bond donors (Lipinski definition) is 3. The molecule has 0 spiro atoms. The van der Waals surface area contributed by atoms with E-state index >= 15 is 0 Å². The summed E-state index contributed by atoms with van der Waals surface area (Å²) < 4.78 is 0. The van der Waals surface area contributed by atoms with Gasteiger partial charge >= 0.3 is 0 Å². The van der Waals surface area contributed by atoms with Crippen LogP contribution in [0.3, 0.4) is 0 Å². The molecule has 3 heteroatoms. The average Bonchev–Trinajstić information content (AvgIpc) is 2.91. The first-order valence-corrected chi connectivity index (χ1v) is 9.84. The highest BCUT2D eigenvalue weighted by molar-refractivity contribution is 5.25. The fourth-order valence-corrected chi connectivity index (χ4v) is 6.99. The van der Waals surface area contributed by atoms with Gasteiger partial charge in [-0.3, -0.25) is 0 Å². The van der Waals surface area contributed by atoms with Crippen LogP contribution in [-0.4, -0.2) is 37.4 Å². The predicted octanol–water partition coefficient (Wildman–Crippen LogP) is 2.73. The second-order valence-electron chi connectivity index (χ2n) is 9.26. The third kappa shape index (κ3) is 2.14. The smallest absolute Gasteiger partial charge is 0.0724 e. The molecule has 0 radical (unpaired) electrons. The van der Waals surface area contributed by atoms with Crippen molar-refractivity contribution in [2.75, 3.05) is 14.1 Å². The standard InChI is InChI=1S/C21H34N2O/c1-20-9-7-14(24)11-13(20)12-17(22-3)19-15-5-6-18(23-4)21(15,2)10-8-16(19)20/h5-7,9,13-19,22-24H,8,10-12H2,1-4H3/t13-,14-,15-,16-,17-,18-,19-,20-,21-/m0/s1. The topological polar surface area (TPSA) is 44.3 Å². The zero-order valence-electron chi connectivity index (χ0n) is 15.6. The molecule has 9 atom stereocenters. The van der Waals surface area contributed by atoms with Gasteiger partial charge < -0.3 is 15.7 Å². The average molecular weight is 331 g/mol. The highest BCUT2D eigenvalue weighted by Gasteiger charge is 2.60. The van der Waals surface area contributed by atoms with Gasteiger partial charge in [-0.05, 0) is 74.3 Å². The van der Waals surface area contributed by atoms with E-state index in [4.69, 9.17) is 0 Å². The first-order chi connectivity index (χ1) is 11.4. The van der Waals surface area contributed by atoms with Gasteiger partial charge in [-0.25, -0.2) is 0 Å². The minimum absolute atomic E-state index is 0.244. The number of hydrogen-bond acceptors (Lipinski definition) is 3. The Balaban J connectivity index is 1.73. The normalized spacial score (nSPS) is 55.8. The Morgan fingerprint density at radius 1 is 1.04 bits per heavy atom. The van der Waals surface area contributed by atoms with Crippen LogP contribution in [0.5, 0.6) is 0 Å². The minimum Gasteiger partial charge on any atom is -0.389 e. The number of aliphatic hydroxyl groups excluding tert-OH is 1. The maximum Gasteiger partial charge on any atom is 0.0724 e. The van der Waals surface area contributed by atoms with Crippen LogP contribution in [0.1, 0.15) is 39.5 Å². The molecule has 0 bridgehead atoms. The Bertz CT molecular complexity index is 558. The number of rotatable bonds is 2. The maximum atomic E-state index is 10.1. The van der Waals surface area contributed by atoms with Gasteiger partial charge in [0.25, 0.3) is 0 Å². The number of aliphatic hydroxyl groups is 1. The molecule has 0 aromatic heterocycles. The summed E-state index contributed by atoms with van der Waals surface area (Å²) in [6.45, 7) is 4.97. The Hall–Kier alpha value is -0.640. The van der Waals surface area contributed by atoms with E-state index in [-0.39, 0.29) is 11.5 Å². The molecule has 4 rings (SSSR count). The molecular formula is C21H34N2O. The summed E-state index contributed by atoms with van der Waals surface area (Å²) in [6, 6.07) is 1.08. The third-order valence-electron chi connectivity index (χ3n) is 8.42. The molecule has 24 heavy (non-hydrogen) atoms. The lowest BCUT2D eigenvalue weighted by Gasteiger charge is -2.61. The first-order valence-electron chi connectivity index (χ1n) is 9.84. The maximum absolute atomic E-state index is 10.1. The van der Waals surface area contributed by atoms with E-state index in [0.717, 1.165) is 12.3 Å². The van der Waals surface area contributed by atoms with Crippen LogP contribution in [0.4, 0.5) is 0 Å². The summed E-state index contributed by atoms with van der Waals surface area (Å²) in [5, 5.41) is 17.4. The van der Waals surface area contributed by atoms with Crippen LogP contribution in [0, 0.1) is 34.5 Å². The summed E-state index contributed by atoms with van der Waals surface area (Å²) in [4.78, 5) is 0. The molecule has 4 aliphatic carbocycles. The zero-order valence-corrected chi connectivity index (χ0v) is 15.6. The minimum atomic E-state index is -0.244. The lowest BCUT2D eigenvalue weighted by Crippen LogP contribution is -2.61. The Kier molecular flexibility index (Phi) is 3.98. The molecular weight excluding hydrogens is 296 g/mol. The fraction of sp³-hybridized carbons (Fsp3) is 0.810. The molecule has 3 N–H and O–H groups in total. The second kappa shape index (κ2) is 5.69. The van der Waals surface area contributed by atoms with E-state index < -0.39 is 0 Å². The molecule has 2 saturated carbocycles. The van der Waals surface area contributed by atoms with Crippen molar-refractivity contribution in [3.8, 4) is 0 Å². The van der Waals surface area contributed by atoms with Gasteiger partial charge in [0.1, 0.15) is 0 Å². The zero-order chi connectivity index (χ0) is 17.1. The van der Waals surface area contributed by atoms with E-state index in [1.807, 2.05) is 0 Å². The van der Waals surface area contributed by atoms with Crippen LogP contribution in [0.2, 0.25) is 0 Å². The van der Waals surface area contributed by atoms with Gasteiger partial charge in [0, 0.05) is 12.1 Å². The van der Waals surface area contributed by atoms with E-state index in [1.54, 1.807) is 0 Å². The van der Waals surface area contributed by atoms with Crippen molar-refractivity contribution in [1.82, 2.24) is 10.6 Å². The highest BCUT2D eigenvalue weighted by Crippen LogP contribution is 2.63. The SMILES string of the molecule is CN[C@H]1C[C@@H]2C[C@@H](O)C=C[C@]2(C)[C@H]2CC[C@]3(C)[C@@H](NC)C=C[C@H]3[C@H]12. The highest BCUT2D eigenvalue weighted by atomic mass is 16.3. The van der Waals surface area contributed by atoms with Crippen molar-refractivity contribution in [3.63, 3.8) is 0 Å². The number of fused-ring (bicyclic) bond motifs is 5. The second-order valence-corrected chi connectivity index (χ2v) is 9.26. The molecule has 3 nitrogen and oxygen atoms in total. The molecule has 0 saturated heterocycles. The molecule has 0 amide bonds. The largest absolute Gasteiger partial charge is 0.389 e. The van der Waals surface area contributed by atoms with Crippen LogP contribution < -0.4 is 10.6 Å². The number of nitrogens with one attached hydrogen (secondary N) is 2. The summed E-state index contributed by atoms with van der Waals surface area (Å²) >= 11 is 0. The molecule has 0 heterocycles. The molecule has 0 unspecified atom stereocenters. The quantitative estimate of drug-likeness (QED) is 0.682. The van der Waals surface area contributed by atoms with Crippen LogP contribution >= 0.6 is 0 Å². The van der Waals surface area contributed by atoms with Gasteiger partial charge in [0.15, 0.2) is 0 Å². The molecule has 4 aliphatic rings. The van der Waals surface area contributed by atoms with E-state index in [0.29, 0.717) is 35.3 Å². The van der Waals surface area contributed by atoms with E-state index in [9.17, 15) is 5.11 Å². The summed E-state index contributed by atoms with van der Waals surface area (Å²) in [7, 11) is 4.24. The van der Waals surface area contributed by atoms with Crippen LogP contribution in [0.15, 0.2) is 24.3 Å². The Morgan fingerprint density at radius 2 is 1.83 bits per heavy atom. The number of allylic oxidation sites excluding steroid dienone is 2. The van der Waals surface area contributed by atoms with Gasteiger partial charge in [-0.15, -0.1) is 0 Å². The van der Waals surface area contributed by atoms with Crippen molar-refractivity contribution in [2.45, 2.75) is 57.7 Å². The van der Waals surface area contributed by atoms with Gasteiger partial charge in [-0.1, -0.05) is 38.2 Å². The molecule has 0 aromatic rings. The van der Waals surface area contributed by atoms with Gasteiger partial charge in [-0.2, -0.15) is 0 Å². The Labute approximate surface area is 147 Å². The monoisotopic (exact) mass is 330 g/mol. The molecule has 134 valence electrons. The van der Waals surface area contributed by atoms with Gasteiger partial charge in [0.2, 0.25) is 0 Å². The van der Waals surface area contributed by atoms with Crippen molar-refractivity contribution in [3.05, 3.63) is 24.3 Å². The number of likely N-dealkylation sites (N-methyl/N-ethyl adjacent to an activating group) is 1. The van der Waals surface area contributed by atoms with Crippen molar-refractivity contribution in [1.29, 1.82) is 0 Å². The molecule has 2 fully saturated rings. The lowest BCUT2D eigenvalue weighted by atomic mass is 9.45. The first kappa shape index (κ1) is 16.8. The summed E-state index contributed by atoms with van der Waals surface area (Å²) in [5.74, 6) is 2.68. The van der Waals surface area contributed by atoms with Crippen molar-refractivity contribution >= 4 is 0 Å². The van der Waals surface area contributed by atoms with Crippen LogP contribution in [0.25, 0.3) is 0 Å². The molecule has 0 aromatic carbocycles. The van der Waals surface area contributed by atoms with Crippen molar-refractivity contribution in [2.24, 2.45) is 34.5 Å².